The number of pyridine rings is 1. The van der Waals surface area contributed by atoms with Crippen molar-refractivity contribution >= 4 is 22.8 Å². The molecular formula is C23H28N8O4. The van der Waals surface area contributed by atoms with E-state index in [0.29, 0.717) is 42.9 Å². The fourth-order valence-corrected chi connectivity index (χ4v) is 4.55. The van der Waals surface area contributed by atoms with Crippen LogP contribution in [0.2, 0.25) is 0 Å². The minimum atomic E-state index is -0.671. The molecule has 3 aromatic rings. The first-order valence-electron chi connectivity index (χ1n) is 11.2. The van der Waals surface area contributed by atoms with E-state index in [0.717, 1.165) is 16.6 Å². The third-order valence-corrected chi connectivity index (χ3v) is 6.19. The molecule has 184 valence electrons. The molecule has 5 rings (SSSR count). The predicted octanol–water partition coefficient (Wildman–Crippen LogP) is 0.665. The maximum Gasteiger partial charge on any atom is 0.355 e. The molecule has 0 amide bonds. The summed E-state index contributed by atoms with van der Waals surface area (Å²) in [4.78, 5) is 28.3. The Bertz CT molecular complexity index is 1310. The van der Waals surface area contributed by atoms with Gasteiger partial charge in [-0.1, -0.05) is 0 Å². The third-order valence-electron chi connectivity index (χ3n) is 6.19. The highest BCUT2D eigenvalue weighted by molar-refractivity contribution is 5.91. The van der Waals surface area contributed by atoms with E-state index in [4.69, 9.17) is 31.0 Å². The lowest BCUT2D eigenvalue weighted by atomic mass is 10.1. The van der Waals surface area contributed by atoms with Crippen molar-refractivity contribution in [3.8, 4) is 17.1 Å². The maximum absolute atomic E-state index is 11.7. The van der Waals surface area contributed by atoms with Gasteiger partial charge in [0.1, 0.15) is 23.6 Å². The van der Waals surface area contributed by atoms with Crippen molar-refractivity contribution < 1.29 is 19.0 Å². The lowest BCUT2D eigenvalue weighted by Crippen LogP contribution is -2.56. The molecule has 1 fully saturated rings. The molecule has 35 heavy (non-hydrogen) atoms. The number of esters is 1. The Hall–Kier alpha value is -3.90. The summed E-state index contributed by atoms with van der Waals surface area (Å²) in [6.07, 6.45) is 5.00. The number of aryl methyl sites for hydroxylation is 1. The van der Waals surface area contributed by atoms with Gasteiger partial charge in [-0.2, -0.15) is 0 Å². The van der Waals surface area contributed by atoms with Crippen LogP contribution < -0.4 is 21.2 Å². The van der Waals surface area contributed by atoms with Gasteiger partial charge in [-0.05, 0) is 19.1 Å². The maximum atomic E-state index is 11.7. The molecule has 3 aromatic heterocycles. The number of ether oxygens (including phenoxy) is 3. The summed E-state index contributed by atoms with van der Waals surface area (Å²) in [5.41, 5.74) is 7.90. The second-order valence-electron chi connectivity index (χ2n) is 8.68. The molecule has 1 saturated heterocycles. The van der Waals surface area contributed by atoms with E-state index in [2.05, 4.69) is 21.5 Å². The van der Waals surface area contributed by atoms with E-state index < -0.39 is 5.97 Å². The van der Waals surface area contributed by atoms with Crippen LogP contribution in [0.25, 0.3) is 22.4 Å². The number of methoxy groups -OCH3 is 1. The topological polar surface area (TPSA) is 147 Å². The van der Waals surface area contributed by atoms with Gasteiger partial charge in [0, 0.05) is 36.6 Å². The quantitative estimate of drug-likeness (QED) is 0.230. The standard InChI is InChI=1S/C23H28N8O4/c1-13-10-34-11-14-12-35-19-18(9-30(25)8-17(24)23(32)33-3)27-20(28-22(19)31(13)14)15-4-6-26-21-16(15)5-7-29(21)2/h4-8,13-14H,9-12,24-25H2,1-3H3/b17-8-/t13-,14+/m1/s1. The van der Waals surface area contributed by atoms with Crippen LogP contribution in [0.5, 0.6) is 5.75 Å². The van der Waals surface area contributed by atoms with E-state index in [1.165, 1.54) is 18.3 Å². The van der Waals surface area contributed by atoms with Gasteiger partial charge >= 0.3 is 5.97 Å². The van der Waals surface area contributed by atoms with Crippen molar-refractivity contribution in [1.29, 1.82) is 0 Å². The van der Waals surface area contributed by atoms with Crippen LogP contribution in [0.4, 0.5) is 5.82 Å². The zero-order valence-corrected chi connectivity index (χ0v) is 19.8. The van der Waals surface area contributed by atoms with Gasteiger partial charge in [0.25, 0.3) is 0 Å². The van der Waals surface area contributed by atoms with Gasteiger partial charge in [-0.3, -0.25) is 0 Å². The summed E-state index contributed by atoms with van der Waals surface area (Å²) in [7, 11) is 3.19. The van der Waals surface area contributed by atoms with Crippen LogP contribution in [-0.2, 0) is 27.9 Å². The molecule has 2 atom stereocenters. The van der Waals surface area contributed by atoms with Crippen LogP contribution in [-0.4, -0.2) is 69.5 Å². The van der Waals surface area contributed by atoms with Crippen LogP contribution >= 0.6 is 0 Å². The molecule has 4 N–H and O–H groups in total. The number of hydrogen-bond donors (Lipinski definition) is 2. The minimum absolute atomic E-state index is 0.0416. The molecular weight excluding hydrogens is 452 g/mol. The average molecular weight is 481 g/mol. The molecule has 0 aliphatic carbocycles. The molecule has 0 aromatic carbocycles. The van der Waals surface area contributed by atoms with Gasteiger partial charge in [-0.25, -0.2) is 25.6 Å². The number of anilines is 1. The summed E-state index contributed by atoms with van der Waals surface area (Å²) in [6, 6.07) is 4.03. The Morgan fingerprint density at radius 1 is 1.31 bits per heavy atom. The first kappa shape index (κ1) is 22.9. The second-order valence-corrected chi connectivity index (χ2v) is 8.68. The molecule has 2 aliphatic rings. The number of aromatic nitrogens is 4. The molecule has 5 heterocycles. The highest BCUT2D eigenvalue weighted by Gasteiger charge is 2.38. The van der Waals surface area contributed by atoms with Crippen molar-refractivity contribution in [2.75, 3.05) is 31.8 Å². The molecule has 2 aliphatic heterocycles. The van der Waals surface area contributed by atoms with Crippen LogP contribution in [0, 0.1) is 0 Å². The number of nitrogens with zero attached hydrogens (tertiary/aromatic N) is 6. The SMILES string of the molecule is COC(=O)/C(N)=C/N(N)Cc1nc(-c2ccnc3c2ccn3C)nc2c1OC[C@@H]1COC[C@@H](C)N21. The highest BCUT2D eigenvalue weighted by atomic mass is 16.5. The van der Waals surface area contributed by atoms with Crippen LogP contribution in [0.3, 0.4) is 0 Å². The Labute approximate surface area is 202 Å². The van der Waals surface area contributed by atoms with E-state index in [1.54, 1.807) is 6.20 Å². The van der Waals surface area contributed by atoms with E-state index >= 15 is 0 Å². The summed E-state index contributed by atoms with van der Waals surface area (Å²) in [6.45, 7) is 3.81. The van der Waals surface area contributed by atoms with Gasteiger partial charge in [0.05, 0.1) is 39.0 Å². The Balaban J connectivity index is 1.63. The number of morpholine rings is 1. The molecule has 12 heteroatoms. The predicted molar refractivity (Wildman–Crippen MR) is 128 cm³/mol. The number of nitrogens with two attached hydrogens (primary N) is 2. The lowest BCUT2D eigenvalue weighted by molar-refractivity contribution is -0.136. The second kappa shape index (κ2) is 9.04. The van der Waals surface area contributed by atoms with Crippen LogP contribution in [0.1, 0.15) is 12.6 Å². The van der Waals surface area contributed by atoms with Gasteiger partial charge in [0.2, 0.25) is 0 Å². The van der Waals surface area contributed by atoms with Gasteiger partial charge < -0.3 is 34.4 Å². The third kappa shape index (κ3) is 4.10. The zero-order chi connectivity index (χ0) is 24.7. The number of rotatable bonds is 5. The van der Waals surface area contributed by atoms with Crippen molar-refractivity contribution in [3.05, 3.63) is 42.1 Å². The van der Waals surface area contributed by atoms with E-state index in [-0.39, 0.29) is 24.3 Å². The Kier molecular flexibility index (Phi) is 5.91. The van der Waals surface area contributed by atoms with Crippen molar-refractivity contribution in [2.24, 2.45) is 18.6 Å². The van der Waals surface area contributed by atoms with Gasteiger partial charge in [0.15, 0.2) is 17.4 Å². The highest BCUT2D eigenvalue weighted by Crippen LogP contribution is 2.40. The fraction of sp³-hybridized carbons (Fsp3) is 0.391. The van der Waals surface area contributed by atoms with E-state index in [9.17, 15) is 4.79 Å². The average Bonchev–Trinajstić information content (AvgIpc) is 3.24. The van der Waals surface area contributed by atoms with Crippen LogP contribution in [0.15, 0.2) is 36.4 Å². The summed E-state index contributed by atoms with van der Waals surface area (Å²) in [5.74, 6) is 7.28. The monoisotopic (exact) mass is 480 g/mol. The minimum Gasteiger partial charge on any atom is -0.486 e. The zero-order valence-electron chi connectivity index (χ0n) is 19.8. The molecule has 12 nitrogen and oxygen atoms in total. The number of hydrazine groups is 1. The fourth-order valence-electron chi connectivity index (χ4n) is 4.55. The van der Waals surface area contributed by atoms with E-state index in [1.807, 2.05) is 29.9 Å². The Morgan fingerprint density at radius 2 is 2.14 bits per heavy atom. The first-order valence-corrected chi connectivity index (χ1v) is 11.2. The molecule has 0 saturated carbocycles. The largest absolute Gasteiger partial charge is 0.486 e. The first-order chi connectivity index (χ1) is 16.9. The summed E-state index contributed by atoms with van der Waals surface area (Å²) < 4.78 is 18.5. The molecule has 0 bridgehead atoms. The van der Waals surface area contributed by atoms with Gasteiger partial charge in [-0.15, -0.1) is 0 Å². The summed E-state index contributed by atoms with van der Waals surface area (Å²) >= 11 is 0. The smallest absolute Gasteiger partial charge is 0.355 e. The van der Waals surface area contributed by atoms with Crippen molar-refractivity contribution in [3.63, 3.8) is 0 Å². The number of hydrogen-bond acceptors (Lipinski definition) is 11. The molecule has 0 unspecified atom stereocenters. The molecule has 0 radical (unpaired) electrons. The van der Waals surface area contributed by atoms with Crippen molar-refractivity contribution in [2.45, 2.75) is 25.6 Å². The number of carbonyl (C=O) groups excluding carboxylic acids is 1. The number of carbonyl (C=O) groups is 1. The summed E-state index contributed by atoms with van der Waals surface area (Å²) in [5, 5.41) is 2.21. The lowest BCUT2D eigenvalue weighted by Gasteiger charge is -2.44. The van der Waals surface area contributed by atoms with Crippen molar-refractivity contribution in [1.82, 2.24) is 24.5 Å². The molecule has 0 spiro atoms. The normalized spacial score (nSPS) is 19.7. The Morgan fingerprint density at radius 3 is 2.94 bits per heavy atom. The number of fused-ring (bicyclic) bond motifs is 4.